The van der Waals surface area contributed by atoms with Crippen LogP contribution in [0.5, 0.6) is 0 Å². The van der Waals surface area contributed by atoms with Crippen LogP contribution in [0.2, 0.25) is 10.0 Å². The molecule has 1 aromatic carbocycles. The number of pyridine rings is 1. The van der Waals surface area contributed by atoms with Gasteiger partial charge in [0.25, 0.3) is 5.91 Å². The highest BCUT2D eigenvalue weighted by molar-refractivity contribution is 6.30. The number of nitrogens with one attached hydrogen (secondary N) is 1. The van der Waals surface area contributed by atoms with Gasteiger partial charge in [-0.05, 0) is 29.8 Å². The summed E-state index contributed by atoms with van der Waals surface area (Å²) in [6, 6.07) is 10.9. The molecule has 1 N–H and O–H groups in total. The highest BCUT2D eigenvalue weighted by Crippen LogP contribution is 2.26. The van der Waals surface area contributed by atoms with E-state index in [1.165, 1.54) is 6.20 Å². The molecule has 1 atom stereocenters. The molecule has 1 unspecified atom stereocenters. The zero-order chi connectivity index (χ0) is 15.5. The number of amides is 1. The Morgan fingerprint density at radius 2 is 1.96 bits per heavy atom. The lowest BCUT2D eigenvalue weighted by Gasteiger charge is -2.36. The first-order chi connectivity index (χ1) is 10.6. The number of halogens is 4. The van der Waals surface area contributed by atoms with Crippen LogP contribution >= 0.6 is 48.0 Å². The molecule has 1 aromatic heterocycles. The van der Waals surface area contributed by atoms with E-state index in [-0.39, 0.29) is 36.8 Å². The second kappa shape index (κ2) is 9.44. The third-order valence-electron chi connectivity index (χ3n) is 3.68. The Labute approximate surface area is 163 Å². The largest absolute Gasteiger partial charge is 0.328 e. The van der Waals surface area contributed by atoms with Crippen molar-refractivity contribution in [2.24, 2.45) is 0 Å². The first kappa shape index (κ1) is 21.0. The summed E-state index contributed by atoms with van der Waals surface area (Å²) >= 11 is 11.9. The molecule has 3 rings (SSSR count). The van der Waals surface area contributed by atoms with E-state index >= 15 is 0 Å². The summed E-state index contributed by atoms with van der Waals surface area (Å²) in [5.74, 6) is -0.0943. The summed E-state index contributed by atoms with van der Waals surface area (Å²) in [5, 5.41) is 4.50. The normalized spacial score (nSPS) is 16.8. The molecule has 0 radical (unpaired) electrons. The van der Waals surface area contributed by atoms with Crippen molar-refractivity contribution >= 4 is 53.9 Å². The van der Waals surface area contributed by atoms with E-state index in [9.17, 15) is 4.79 Å². The van der Waals surface area contributed by atoms with E-state index in [0.717, 1.165) is 12.1 Å². The molecule has 130 valence electrons. The van der Waals surface area contributed by atoms with E-state index in [2.05, 4.69) is 10.3 Å². The first-order valence-electron chi connectivity index (χ1n) is 7.04. The quantitative estimate of drug-likeness (QED) is 0.816. The summed E-state index contributed by atoms with van der Waals surface area (Å²) in [4.78, 5) is 18.7. The standard InChI is InChI=1S/C16H15Cl2N3O.2ClH/c17-12-3-1-2-11(8-12)15-10-19-6-7-21(15)16(22)14-5-4-13(18)9-20-14;;/h1-5,8-9,15,19H,6-7,10H2;2*1H. The van der Waals surface area contributed by atoms with Crippen molar-refractivity contribution in [2.45, 2.75) is 6.04 Å². The maximum absolute atomic E-state index is 12.7. The third kappa shape index (κ3) is 4.74. The molecule has 0 saturated carbocycles. The first-order valence-corrected chi connectivity index (χ1v) is 7.79. The molecular formula is C16H17Cl4N3O. The number of hydrogen-bond donors (Lipinski definition) is 1. The van der Waals surface area contributed by atoms with Gasteiger partial charge >= 0.3 is 0 Å². The molecule has 0 bridgehead atoms. The van der Waals surface area contributed by atoms with Crippen LogP contribution in [0.4, 0.5) is 0 Å². The van der Waals surface area contributed by atoms with Gasteiger partial charge in [-0.2, -0.15) is 0 Å². The molecule has 1 fully saturated rings. The average Bonchev–Trinajstić information content (AvgIpc) is 2.55. The fourth-order valence-electron chi connectivity index (χ4n) is 2.61. The van der Waals surface area contributed by atoms with Gasteiger partial charge < -0.3 is 10.2 Å². The number of carbonyl (C=O) groups is 1. The lowest BCUT2D eigenvalue weighted by molar-refractivity contribution is 0.0628. The number of piperazine rings is 1. The molecule has 1 amide bonds. The van der Waals surface area contributed by atoms with Crippen molar-refractivity contribution in [2.75, 3.05) is 19.6 Å². The van der Waals surface area contributed by atoms with Gasteiger partial charge in [-0.25, -0.2) is 4.98 Å². The Morgan fingerprint density at radius 1 is 1.17 bits per heavy atom. The van der Waals surface area contributed by atoms with Crippen molar-refractivity contribution in [3.05, 3.63) is 63.9 Å². The number of benzene rings is 1. The van der Waals surface area contributed by atoms with Crippen molar-refractivity contribution in [3.63, 3.8) is 0 Å². The summed E-state index contributed by atoms with van der Waals surface area (Å²) < 4.78 is 0. The molecule has 1 aliphatic rings. The van der Waals surface area contributed by atoms with E-state index < -0.39 is 0 Å². The van der Waals surface area contributed by atoms with Crippen molar-refractivity contribution in [3.8, 4) is 0 Å². The van der Waals surface area contributed by atoms with Gasteiger partial charge in [0.1, 0.15) is 5.69 Å². The van der Waals surface area contributed by atoms with Gasteiger partial charge in [0.05, 0.1) is 11.1 Å². The molecule has 8 heteroatoms. The van der Waals surface area contributed by atoms with Gasteiger partial charge in [0.2, 0.25) is 0 Å². The Balaban J connectivity index is 0.00000144. The molecule has 1 aliphatic heterocycles. The molecular weight excluding hydrogens is 392 g/mol. The van der Waals surface area contributed by atoms with E-state index in [1.807, 2.05) is 29.2 Å². The van der Waals surface area contributed by atoms with Crippen LogP contribution in [0.1, 0.15) is 22.1 Å². The third-order valence-corrected chi connectivity index (χ3v) is 4.14. The topological polar surface area (TPSA) is 45.2 Å². The van der Waals surface area contributed by atoms with Crippen LogP contribution in [-0.2, 0) is 0 Å². The summed E-state index contributed by atoms with van der Waals surface area (Å²) in [6.07, 6.45) is 1.49. The Bertz CT molecular complexity index is 681. The predicted octanol–water partition coefficient (Wildman–Crippen LogP) is 4.02. The molecule has 0 spiro atoms. The summed E-state index contributed by atoms with van der Waals surface area (Å²) in [7, 11) is 0. The number of aromatic nitrogens is 1. The van der Waals surface area contributed by atoms with Gasteiger partial charge in [0.15, 0.2) is 0 Å². The highest BCUT2D eigenvalue weighted by Gasteiger charge is 2.29. The van der Waals surface area contributed by atoms with Crippen LogP contribution in [0.3, 0.4) is 0 Å². The zero-order valence-corrected chi connectivity index (χ0v) is 15.8. The molecule has 4 nitrogen and oxygen atoms in total. The van der Waals surface area contributed by atoms with Crippen LogP contribution < -0.4 is 5.32 Å². The SMILES string of the molecule is Cl.Cl.O=C(c1ccc(Cl)cn1)N1CCNCC1c1cccc(Cl)c1. The second-order valence-electron chi connectivity index (χ2n) is 5.14. The predicted molar refractivity (Wildman–Crippen MR) is 102 cm³/mol. The minimum Gasteiger partial charge on any atom is -0.328 e. The lowest BCUT2D eigenvalue weighted by Crippen LogP contribution is -2.48. The molecule has 24 heavy (non-hydrogen) atoms. The van der Waals surface area contributed by atoms with Gasteiger partial charge in [-0.1, -0.05) is 35.3 Å². The van der Waals surface area contributed by atoms with Crippen LogP contribution in [0, 0.1) is 0 Å². The Kier molecular flexibility index (Phi) is 8.27. The van der Waals surface area contributed by atoms with E-state index in [1.54, 1.807) is 12.1 Å². The van der Waals surface area contributed by atoms with E-state index in [4.69, 9.17) is 23.2 Å². The van der Waals surface area contributed by atoms with Crippen LogP contribution in [0.25, 0.3) is 0 Å². The molecule has 1 saturated heterocycles. The smallest absolute Gasteiger partial charge is 0.273 e. The van der Waals surface area contributed by atoms with Crippen molar-refractivity contribution in [1.29, 1.82) is 0 Å². The molecule has 0 aliphatic carbocycles. The number of nitrogens with zero attached hydrogens (tertiary/aromatic N) is 2. The number of rotatable bonds is 2. The fourth-order valence-corrected chi connectivity index (χ4v) is 2.92. The minimum absolute atomic E-state index is 0. The monoisotopic (exact) mass is 407 g/mol. The van der Waals surface area contributed by atoms with Crippen molar-refractivity contribution in [1.82, 2.24) is 15.2 Å². The van der Waals surface area contributed by atoms with Crippen molar-refractivity contribution < 1.29 is 4.79 Å². The maximum Gasteiger partial charge on any atom is 0.273 e. The molecule has 2 aromatic rings. The Morgan fingerprint density at radius 3 is 2.62 bits per heavy atom. The van der Waals surface area contributed by atoms with Crippen LogP contribution in [0.15, 0.2) is 42.6 Å². The van der Waals surface area contributed by atoms with Gasteiger partial charge in [-0.3, -0.25) is 4.79 Å². The maximum atomic E-state index is 12.7. The van der Waals surface area contributed by atoms with Gasteiger partial charge in [0, 0.05) is 30.9 Å². The summed E-state index contributed by atoms with van der Waals surface area (Å²) in [6.45, 7) is 2.08. The van der Waals surface area contributed by atoms with Gasteiger partial charge in [-0.15, -0.1) is 24.8 Å². The lowest BCUT2D eigenvalue weighted by atomic mass is 10.0. The molecule has 2 heterocycles. The fraction of sp³-hybridized carbons (Fsp3) is 0.250. The summed E-state index contributed by atoms with van der Waals surface area (Å²) in [5.41, 5.74) is 1.42. The van der Waals surface area contributed by atoms with E-state index in [0.29, 0.717) is 28.8 Å². The Hall–Kier alpha value is -1.04. The highest BCUT2D eigenvalue weighted by atomic mass is 35.5. The minimum atomic E-state index is -0.0943. The number of carbonyl (C=O) groups excluding carboxylic acids is 1. The average molecular weight is 409 g/mol. The number of hydrogen-bond acceptors (Lipinski definition) is 3. The zero-order valence-electron chi connectivity index (χ0n) is 12.6. The second-order valence-corrected chi connectivity index (χ2v) is 6.01. The van der Waals surface area contributed by atoms with Crippen LogP contribution in [-0.4, -0.2) is 35.4 Å².